The summed E-state index contributed by atoms with van der Waals surface area (Å²) < 4.78 is 13.7. The van der Waals surface area contributed by atoms with Crippen molar-refractivity contribution in [3.63, 3.8) is 0 Å². The smallest absolute Gasteiger partial charge is 0.305 e. The number of thioether (sulfide) groups is 1. The van der Waals surface area contributed by atoms with Gasteiger partial charge >= 0.3 is 5.69 Å². The molecule has 0 radical (unpaired) electrons. The first-order valence-corrected chi connectivity index (χ1v) is 6.34. The lowest BCUT2D eigenvalue weighted by molar-refractivity contribution is -0.387. The molecule has 0 spiro atoms. The van der Waals surface area contributed by atoms with Gasteiger partial charge in [-0.3, -0.25) is 10.1 Å². The Morgan fingerprint density at radius 2 is 2.29 bits per heavy atom. The first-order valence-electron chi connectivity index (χ1n) is 5.29. The van der Waals surface area contributed by atoms with Gasteiger partial charge in [-0.15, -0.1) is 0 Å². The van der Waals surface area contributed by atoms with Crippen LogP contribution >= 0.6 is 11.8 Å². The molecule has 1 rings (SSSR count). The molecule has 0 aliphatic heterocycles. The number of nitro benzene ring substituents is 1. The van der Waals surface area contributed by atoms with Gasteiger partial charge in [0.2, 0.25) is 5.82 Å². The largest absolute Gasteiger partial charge is 0.330 e. The van der Waals surface area contributed by atoms with Gasteiger partial charge in [-0.05, 0) is 13.0 Å². The zero-order chi connectivity index (χ0) is 12.8. The van der Waals surface area contributed by atoms with Crippen LogP contribution in [0.15, 0.2) is 18.2 Å². The van der Waals surface area contributed by atoms with Gasteiger partial charge in [-0.25, -0.2) is 0 Å². The van der Waals surface area contributed by atoms with E-state index in [4.69, 9.17) is 5.73 Å². The summed E-state index contributed by atoms with van der Waals surface area (Å²) >= 11 is 1.55. The second-order valence-corrected chi connectivity index (χ2v) is 5.13. The SMILES string of the molecule is CC(CCN)SCc1cccc([N+](=O)[O-])c1F. The lowest BCUT2D eigenvalue weighted by atomic mass is 10.2. The van der Waals surface area contributed by atoms with Crippen LogP contribution in [0, 0.1) is 15.9 Å². The van der Waals surface area contributed by atoms with Gasteiger partial charge in [-0.1, -0.05) is 19.1 Å². The third-order valence-electron chi connectivity index (χ3n) is 2.35. The first kappa shape index (κ1) is 13.9. The van der Waals surface area contributed by atoms with E-state index in [0.29, 0.717) is 23.1 Å². The van der Waals surface area contributed by atoms with Gasteiger partial charge in [0.1, 0.15) is 0 Å². The predicted octanol–water partition coefficient (Wildman–Crippen LogP) is 2.70. The number of nitrogens with two attached hydrogens (primary N) is 1. The molecular formula is C11H15FN2O2S. The van der Waals surface area contributed by atoms with E-state index < -0.39 is 16.4 Å². The standard InChI is InChI=1S/C11H15FN2O2S/c1-8(5-6-13)17-7-9-3-2-4-10(11(9)12)14(15)16/h2-4,8H,5-7,13H2,1H3. The highest BCUT2D eigenvalue weighted by molar-refractivity contribution is 7.99. The molecule has 17 heavy (non-hydrogen) atoms. The summed E-state index contributed by atoms with van der Waals surface area (Å²) in [5.41, 5.74) is 5.32. The summed E-state index contributed by atoms with van der Waals surface area (Å²) in [6, 6.07) is 4.25. The number of benzene rings is 1. The summed E-state index contributed by atoms with van der Waals surface area (Å²) in [6.45, 7) is 2.60. The van der Waals surface area contributed by atoms with Crippen molar-refractivity contribution in [3.8, 4) is 0 Å². The molecule has 1 aromatic rings. The van der Waals surface area contributed by atoms with Crippen molar-refractivity contribution in [2.75, 3.05) is 6.54 Å². The maximum absolute atomic E-state index is 13.7. The highest BCUT2D eigenvalue weighted by Crippen LogP contribution is 2.26. The fourth-order valence-electron chi connectivity index (χ4n) is 1.37. The molecule has 0 fully saturated rings. The van der Waals surface area contributed by atoms with Gasteiger partial charge in [-0.2, -0.15) is 16.2 Å². The van der Waals surface area contributed by atoms with Crippen LogP contribution in [-0.2, 0) is 5.75 Å². The zero-order valence-electron chi connectivity index (χ0n) is 9.56. The average molecular weight is 258 g/mol. The molecule has 0 saturated heterocycles. The second kappa shape index (κ2) is 6.56. The van der Waals surface area contributed by atoms with Crippen molar-refractivity contribution in [3.05, 3.63) is 39.7 Å². The maximum Gasteiger partial charge on any atom is 0.305 e. The van der Waals surface area contributed by atoms with Crippen LogP contribution in [0.3, 0.4) is 0 Å². The van der Waals surface area contributed by atoms with Gasteiger partial charge < -0.3 is 5.73 Å². The van der Waals surface area contributed by atoms with Gasteiger partial charge in [0.05, 0.1) is 4.92 Å². The number of nitro groups is 1. The molecule has 0 bridgehead atoms. The highest BCUT2D eigenvalue weighted by Gasteiger charge is 2.17. The van der Waals surface area contributed by atoms with Crippen molar-refractivity contribution in [2.45, 2.75) is 24.3 Å². The van der Waals surface area contributed by atoms with Crippen molar-refractivity contribution in [1.29, 1.82) is 0 Å². The number of hydrogen-bond donors (Lipinski definition) is 1. The molecular weight excluding hydrogens is 243 g/mol. The molecule has 2 N–H and O–H groups in total. The van der Waals surface area contributed by atoms with E-state index in [2.05, 4.69) is 0 Å². The van der Waals surface area contributed by atoms with Gasteiger partial charge in [0.25, 0.3) is 0 Å². The Labute approximate surface area is 104 Å². The molecule has 94 valence electrons. The van der Waals surface area contributed by atoms with Crippen LogP contribution in [0.5, 0.6) is 0 Å². The molecule has 0 heterocycles. The maximum atomic E-state index is 13.7. The average Bonchev–Trinajstić information content (AvgIpc) is 2.27. The summed E-state index contributed by atoms with van der Waals surface area (Å²) in [7, 11) is 0. The molecule has 1 atom stereocenters. The first-order chi connectivity index (χ1) is 8.06. The van der Waals surface area contributed by atoms with Crippen LogP contribution in [0.2, 0.25) is 0 Å². The minimum atomic E-state index is -0.732. The Balaban J connectivity index is 2.72. The molecule has 0 amide bonds. The number of halogens is 1. The Hall–Kier alpha value is -1.14. The molecule has 0 saturated carbocycles. The molecule has 1 aromatic carbocycles. The molecule has 0 aromatic heterocycles. The van der Waals surface area contributed by atoms with Gasteiger partial charge in [0, 0.05) is 22.6 Å². The third-order valence-corrected chi connectivity index (χ3v) is 3.63. The van der Waals surface area contributed by atoms with Crippen LogP contribution in [0.1, 0.15) is 18.9 Å². The molecule has 4 nitrogen and oxygen atoms in total. The fourth-order valence-corrected chi connectivity index (χ4v) is 2.36. The van der Waals surface area contributed by atoms with E-state index >= 15 is 0 Å². The molecule has 0 aliphatic carbocycles. The van der Waals surface area contributed by atoms with E-state index in [0.717, 1.165) is 6.42 Å². The quantitative estimate of drug-likeness (QED) is 0.629. The third kappa shape index (κ3) is 3.98. The Morgan fingerprint density at radius 1 is 1.59 bits per heavy atom. The molecule has 1 unspecified atom stereocenters. The lowest BCUT2D eigenvalue weighted by Crippen LogP contribution is -2.07. The summed E-state index contributed by atoms with van der Waals surface area (Å²) in [5, 5.41) is 10.9. The van der Waals surface area contributed by atoms with E-state index in [-0.39, 0.29) is 0 Å². The Kier molecular flexibility index (Phi) is 5.37. The summed E-state index contributed by atoms with van der Waals surface area (Å²) in [6.07, 6.45) is 0.848. The predicted molar refractivity (Wildman–Crippen MR) is 67.5 cm³/mol. The molecule has 0 aliphatic rings. The zero-order valence-corrected chi connectivity index (χ0v) is 10.4. The monoisotopic (exact) mass is 258 g/mol. The van der Waals surface area contributed by atoms with Gasteiger partial charge in [0.15, 0.2) is 0 Å². The van der Waals surface area contributed by atoms with Crippen LogP contribution < -0.4 is 5.73 Å². The summed E-state index contributed by atoms with van der Waals surface area (Å²) in [4.78, 5) is 9.86. The van der Waals surface area contributed by atoms with Crippen LogP contribution in [-0.4, -0.2) is 16.7 Å². The lowest BCUT2D eigenvalue weighted by Gasteiger charge is -2.09. The van der Waals surface area contributed by atoms with E-state index in [9.17, 15) is 14.5 Å². The number of rotatable bonds is 6. The van der Waals surface area contributed by atoms with E-state index in [1.807, 2.05) is 6.92 Å². The Morgan fingerprint density at radius 3 is 2.88 bits per heavy atom. The number of nitrogens with zero attached hydrogens (tertiary/aromatic N) is 1. The summed E-state index contributed by atoms with van der Waals surface area (Å²) in [5.74, 6) is -0.306. The van der Waals surface area contributed by atoms with Crippen LogP contribution in [0.4, 0.5) is 10.1 Å². The van der Waals surface area contributed by atoms with Crippen molar-refractivity contribution in [1.82, 2.24) is 0 Å². The topological polar surface area (TPSA) is 69.2 Å². The normalized spacial score (nSPS) is 12.4. The van der Waals surface area contributed by atoms with E-state index in [1.165, 1.54) is 12.1 Å². The minimum absolute atomic E-state index is 0.318. The van der Waals surface area contributed by atoms with Crippen LogP contribution in [0.25, 0.3) is 0 Å². The molecule has 6 heteroatoms. The minimum Gasteiger partial charge on any atom is -0.330 e. The van der Waals surface area contributed by atoms with Crippen molar-refractivity contribution >= 4 is 17.4 Å². The number of hydrogen-bond acceptors (Lipinski definition) is 4. The van der Waals surface area contributed by atoms with Crippen molar-refractivity contribution < 1.29 is 9.31 Å². The van der Waals surface area contributed by atoms with Crippen molar-refractivity contribution in [2.24, 2.45) is 5.73 Å². The fraction of sp³-hybridized carbons (Fsp3) is 0.455. The van der Waals surface area contributed by atoms with E-state index in [1.54, 1.807) is 17.8 Å². The Bertz CT molecular complexity index is 401. The highest BCUT2D eigenvalue weighted by atomic mass is 32.2. The second-order valence-electron chi connectivity index (χ2n) is 3.71.